The van der Waals surface area contributed by atoms with E-state index in [-0.39, 0.29) is 23.3 Å². The van der Waals surface area contributed by atoms with Gasteiger partial charge in [-0.1, -0.05) is 57.0 Å². The van der Waals surface area contributed by atoms with E-state index < -0.39 is 0 Å². The Morgan fingerprint density at radius 1 is 1.00 bits per heavy atom. The van der Waals surface area contributed by atoms with Gasteiger partial charge in [0.2, 0.25) is 0 Å². The Hall–Kier alpha value is -2.62. The quantitative estimate of drug-likeness (QED) is 0.693. The number of rotatable bonds is 4. The summed E-state index contributed by atoms with van der Waals surface area (Å²) in [5.41, 5.74) is 7.95. The maximum Gasteiger partial charge on any atom is 0.272 e. The van der Waals surface area contributed by atoms with Gasteiger partial charge < -0.3 is 0 Å². The molecule has 0 bridgehead atoms. The smallest absolute Gasteiger partial charge is 0.267 e. The monoisotopic (exact) mass is 394 g/mol. The molecule has 0 heterocycles. The third kappa shape index (κ3) is 5.26. The van der Waals surface area contributed by atoms with Crippen LogP contribution in [0.1, 0.15) is 77.1 Å². The number of carbonyl (C=O) groups is 2. The van der Waals surface area contributed by atoms with Crippen molar-refractivity contribution < 1.29 is 9.59 Å². The lowest BCUT2D eigenvalue weighted by Gasteiger charge is -2.39. The summed E-state index contributed by atoms with van der Waals surface area (Å²) in [5.74, 6) is -0.441. The molecule has 0 aliphatic rings. The summed E-state index contributed by atoms with van der Waals surface area (Å²) >= 11 is 0. The lowest BCUT2D eigenvalue weighted by Crippen LogP contribution is -2.56. The molecule has 0 fully saturated rings. The number of aryl methyl sites for hydroxylation is 3. The van der Waals surface area contributed by atoms with Gasteiger partial charge in [0.05, 0.1) is 6.04 Å². The molecule has 2 amide bonds. The number of nitrogens with one attached hydrogen (secondary N) is 1. The van der Waals surface area contributed by atoms with Gasteiger partial charge in [0, 0.05) is 11.1 Å². The summed E-state index contributed by atoms with van der Waals surface area (Å²) < 4.78 is 0. The van der Waals surface area contributed by atoms with Gasteiger partial charge in [-0.25, -0.2) is 5.01 Å². The molecule has 2 aromatic rings. The van der Waals surface area contributed by atoms with E-state index in [1.165, 1.54) is 0 Å². The van der Waals surface area contributed by atoms with E-state index in [0.29, 0.717) is 11.1 Å². The molecule has 1 atom stereocenters. The van der Waals surface area contributed by atoms with E-state index in [1.807, 2.05) is 71.0 Å². The second-order valence-electron chi connectivity index (χ2n) is 9.03. The minimum Gasteiger partial charge on any atom is -0.267 e. The lowest BCUT2D eigenvalue weighted by molar-refractivity contribution is 0.0284. The van der Waals surface area contributed by atoms with Crippen molar-refractivity contribution in [3.05, 3.63) is 69.8 Å². The number of benzene rings is 2. The molecule has 1 N–H and O–H groups in total. The fourth-order valence-corrected chi connectivity index (χ4v) is 3.84. The molecule has 29 heavy (non-hydrogen) atoms. The molecule has 0 aliphatic heterocycles. The topological polar surface area (TPSA) is 49.4 Å². The first kappa shape index (κ1) is 22.7. The van der Waals surface area contributed by atoms with E-state index in [1.54, 1.807) is 5.01 Å². The van der Waals surface area contributed by atoms with E-state index in [0.717, 1.165) is 28.7 Å². The Morgan fingerprint density at radius 2 is 1.59 bits per heavy atom. The zero-order valence-electron chi connectivity index (χ0n) is 19.0. The summed E-state index contributed by atoms with van der Waals surface area (Å²) in [5, 5.41) is 1.54. The molecule has 1 unspecified atom stereocenters. The minimum absolute atomic E-state index is 0.148. The lowest BCUT2D eigenvalue weighted by atomic mass is 9.84. The maximum absolute atomic E-state index is 13.6. The van der Waals surface area contributed by atoms with E-state index in [2.05, 4.69) is 26.2 Å². The second-order valence-corrected chi connectivity index (χ2v) is 9.03. The van der Waals surface area contributed by atoms with Gasteiger partial charge in [-0.15, -0.1) is 0 Å². The van der Waals surface area contributed by atoms with Crippen molar-refractivity contribution in [1.82, 2.24) is 10.4 Å². The second kappa shape index (κ2) is 8.81. The molecule has 4 nitrogen and oxygen atoms in total. The predicted molar refractivity (Wildman–Crippen MR) is 119 cm³/mol. The normalized spacial score (nSPS) is 12.4. The molecule has 0 saturated heterocycles. The molecule has 0 saturated carbocycles. The molecular formula is C25H34N2O2. The van der Waals surface area contributed by atoms with Crippen LogP contribution in [0.15, 0.2) is 36.4 Å². The van der Waals surface area contributed by atoms with Gasteiger partial charge in [0.25, 0.3) is 11.8 Å². The third-order valence-corrected chi connectivity index (χ3v) is 5.46. The maximum atomic E-state index is 13.6. The van der Waals surface area contributed by atoms with Gasteiger partial charge in [0.1, 0.15) is 0 Å². The first-order chi connectivity index (χ1) is 13.5. The number of carbonyl (C=O) groups excluding carboxylic acids is 2. The molecule has 2 rings (SSSR count). The largest absolute Gasteiger partial charge is 0.272 e. The highest BCUT2D eigenvalue weighted by Gasteiger charge is 2.34. The van der Waals surface area contributed by atoms with Gasteiger partial charge >= 0.3 is 0 Å². The fourth-order valence-electron chi connectivity index (χ4n) is 3.84. The highest BCUT2D eigenvalue weighted by molar-refractivity contribution is 6.00. The van der Waals surface area contributed by atoms with Gasteiger partial charge in [0.15, 0.2) is 0 Å². The predicted octanol–water partition coefficient (Wildman–Crippen LogP) is 5.53. The summed E-state index contributed by atoms with van der Waals surface area (Å²) in [6.45, 7) is 16.2. The number of amides is 2. The summed E-state index contributed by atoms with van der Waals surface area (Å²) in [7, 11) is 0. The van der Waals surface area contributed by atoms with Crippen LogP contribution in [-0.2, 0) is 0 Å². The summed E-state index contributed by atoms with van der Waals surface area (Å²) in [6, 6.07) is 11.3. The third-order valence-electron chi connectivity index (χ3n) is 5.46. The van der Waals surface area contributed by atoms with Crippen LogP contribution < -0.4 is 5.43 Å². The van der Waals surface area contributed by atoms with Crippen molar-refractivity contribution in [2.45, 2.75) is 67.9 Å². The highest BCUT2D eigenvalue weighted by Crippen LogP contribution is 2.28. The van der Waals surface area contributed by atoms with Crippen LogP contribution in [0.2, 0.25) is 0 Å². The Balaban J connectivity index is 2.48. The van der Waals surface area contributed by atoms with Crippen molar-refractivity contribution in [2.24, 2.45) is 5.41 Å². The molecule has 2 aromatic carbocycles. The van der Waals surface area contributed by atoms with Crippen LogP contribution in [0.3, 0.4) is 0 Å². The highest BCUT2D eigenvalue weighted by atomic mass is 16.2. The molecule has 4 heteroatoms. The number of nitrogens with zero attached hydrogens (tertiary/aromatic N) is 1. The Bertz CT molecular complexity index is 889. The molecule has 156 valence electrons. The van der Waals surface area contributed by atoms with Crippen LogP contribution in [0.4, 0.5) is 0 Å². The standard InChI is InChI=1S/C25H34N2O2/c1-9-22(25(6,7)8)27(24(29)21-12-10-11-18(4)19(21)5)26-23(28)20-14-16(2)13-17(3)15-20/h10-15,22H,9H2,1-8H3,(H,26,28). The Labute approximate surface area is 175 Å². The van der Waals surface area contributed by atoms with Gasteiger partial charge in [-0.2, -0.15) is 0 Å². The summed E-state index contributed by atoms with van der Waals surface area (Å²) in [4.78, 5) is 26.7. The van der Waals surface area contributed by atoms with Crippen LogP contribution in [-0.4, -0.2) is 22.9 Å². The Kier molecular flexibility index (Phi) is 6.89. The zero-order chi connectivity index (χ0) is 21.9. The number of hydrogen-bond donors (Lipinski definition) is 1. The van der Waals surface area contributed by atoms with Crippen LogP contribution >= 0.6 is 0 Å². The average Bonchev–Trinajstić information content (AvgIpc) is 2.61. The molecule has 0 aliphatic carbocycles. The van der Waals surface area contributed by atoms with Crippen molar-refractivity contribution in [2.75, 3.05) is 0 Å². The number of hydrazine groups is 1. The molecule has 0 radical (unpaired) electrons. The number of hydrogen-bond acceptors (Lipinski definition) is 2. The van der Waals surface area contributed by atoms with E-state index >= 15 is 0 Å². The van der Waals surface area contributed by atoms with Gasteiger partial charge in [-0.05, 0) is 68.9 Å². The SMILES string of the molecule is CCC(N(NC(=O)c1cc(C)cc(C)c1)C(=O)c1cccc(C)c1C)C(C)(C)C. The van der Waals surface area contributed by atoms with Crippen LogP contribution in [0.5, 0.6) is 0 Å². The molecular weight excluding hydrogens is 360 g/mol. The molecule has 0 spiro atoms. The average molecular weight is 395 g/mol. The van der Waals surface area contributed by atoms with Crippen molar-refractivity contribution in [1.29, 1.82) is 0 Å². The van der Waals surface area contributed by atoms with Crippen LogP contribution in [0, 0.1) is 33.1 Å². The Morgan fingerprint density at radius 3 is 2.10 bits per heavy atom. The minimum atomic E-state index is -0.266. The summed E-state index contributed by atoms with van der Waals surface area (Å²) in [6.07, 6.45) is 0.729. The van der Waals surface area contributed by atoms with Crippen molar-refractivity contribution >= 4 is 11.8 Å². The van der Waals surface area contributed by atoms with Gasteiger partial charge in [-0.3, -0.25) is 15.0 Å². The first-order valence-corrected chi connectivity index (χ1v) is 10.2. The molecule has 0 aromatic heterocycles. The van der Waals surface area contributed by atoms with Crippen molar-refractivity contribution in [3.63, 3.8) is 0 Å². The van der Waals surface area contributed by atoms with E-state index in [4.69, 9.17) is 0 Å². The fraction of sp³-hybridized carbons (Fsp3) is 0.440. The van der Waals surface area contributed by atoms with Crippen molar-refractivity contribution in [3.8, 4) is 0 Å². The zero-order valence-corrected chi connectivity index (χ0v) is 19.0. The van der Waals surface area contributed by atoms with E-state index in [9.17, 15) is 9.59 Å². The van der Waals surface area contributed by atoms with Crippen LogP contribution in [0.25, 0.3) is 0 Å². The first-order valence-electron chi connectivity index (χ1n) is 10.2.